The second-order valence-electron chi connectivity index (χ2n) is 9.65. The van der Waals surface area contributed by atoms with Gasteiger partial charge in [-0.3, -0.25) is 9.59 Å². The van der Waals surface area contributed by atoms with Crippen LogP contribution in [0.15, 0.2) is 54.6 Å². The molecule has 4 rings (SSSR count). The molecule has 1 atom stereocenters. The Morgan fingerprint density at radius 3 is 2.28 bits per heavy atom. The molecule has 0 radical (unpaired) electrons. The molecule has 0 fully saturated rings. The van der Waals surface area contributed by atoms with Gasteiger partial charge in [0.1, 0.15) is 5.00 Å². The summed E-state index contributed by atoms with van der Waals surface area (Å²) in [6.07, 6.45) is 2.84. The summed E-state index contributed by atoms with van der Waals surface area (Å²) in [6, 6.07) is 16.9. The number of rotatable bonds is 4. The molecule has 1 heterocycles. The van der Waals surface area contributed by atoms with E-state index in [2.05, 4.69) is 31.4 Å². The van der Waals surface area contributed by atoms with Crippen molar-refractivity contribution in [2.75, 3.05) is 10.6 Å². The molecule has 0 spiro atoms. The minimum absolute atomic E-state index is 0.163. The fraction of sp³-hybridized carbons (Fsp3) is 0.333. The number of fused-ring (bicyclic) bond motifs is 1. The van der Waals surface area contributed by atoms with Crippen LogP contribution >= 0.6 is 11.3 Å². The number of thiophene rings is 1. The van der Waals surface area contributed by atoms with E-state index < -0.39 is 0 Å². The Morgan fingerprint density at radius 2 is 1.62 bits per heavy atom. The molecule has 32 heavy (non-hydrogen) atoms. The zero-order chi connectivity index (χ0) is 22.9. The van der Waals surface area contributed by atoms with Gasteiger partial charge >= 0.3 is 0 Å². The first-order chi connectivity index (χ1) is 15.2. The first kappa shape index (κ1) is 22.3. The van der Waals surface area contributed by atoms with Gasteiger partial charge in [-0.05, 0) is 67.3 Å². The van der Waals surface area contributed by atoms with Gasteiger partial charge in [-0.2, -0.15) is 0 Å². The molecule has 4 nitrogen and oxygen atoms in total. The molecular weight excluding hydrogens is 416 g/mol. The molecule has 2 N–H and O–H groups in total. The molecule has 3 aromatic rings. The maximum Gasteiger partial charge on any atom is 0.258 e. The topological polar surface area (TPSA) is 58.2 Å². The van der Waals surface area contributed by atoms with Gasteiger partial charge in [0.15, 0.2) is 0 Å². The molecular formula is C27H30N2O2S. The lowest BCUT2D eigenvalue weighted by Gasteiger charge is -2.33. The maximum absolute atomic E-state index is 13.4. The van der Waals surface area contributed by atoms with Gasteiger partial charge in [0.05, 0.1) is 5.56 Å². The average Bonchev–Trinajstić information content (AvgIpc) is 3.12. The standard InChI is InChI=1S/C27H30N2O2S/c1-17-10-13-20(14-11-17)28-25(31)23-21-15-12-19(27(2,3)4)16-22(21)32-26(23)29-24(30)18-8-6-5-7-9-18/h5-11,13-14,19H,12,15-16H2,1-4H3,(H,28,31)(H,29,30)/t19-/m0/s1. The van der Waals surface area contributed by atoms with Crippen molar-refractivity contribution in [2.24, 2.45) is 11.3 Å². The average molecular weight is 447 g/mol. The van der Waals surface area contributed by atoms with Gasteiger partial charge < -0.3 is 10.6 Å². The summed E-state index contributed by atoms with van der Waals surface area (Å²) >= 11 is 1.55. The summed E-state index contributed by atoms with van der Waals surface area (Å²) in [5, 5.41) is 6.71. The van der Waals surface area contributed by atoms with Crippen LogP contribution in [0.4, 0.5) is 10.7 Å². The smallest absolute Gasteiger partial charge is 0.258 e. The van der Waals surface area contributed by atoms with Gasteiger partial charge in [0.25, 0.3) is 11.8 Å². The Labute approximate surface area is 194 Å². The highest BCUT2D eigenvalue weighted by Crippen LogP contribution is 2.44. The highest BCUT2D eigenvalue weighted by atomic mass is 32.1. The van der Waals surface area contributed by atoms with Crippen LogP contribution in [0.3, 0.4) is 0 Å². The molecule has 0 bridgehead atoms. The SMILES string of the molecule is Cc1ccc(NC(=O)c2c(NC(=O)c3ccccc3)sc3c2CC[C@H](C(C)(C)C)C3)cc1. The van der Waals surface area contributed by atoms with E-state index in [0.717, 1.165) is 36.1 Å². The van der Waals surface area contributed by atoms with Crippen LogP contribution in [0.5, 0.6) is 0 Å². The predicted octanol–water partition coefficient (Wildman–Crippen LogP) is 6.71. The van der Waals surface area contributed by atoms with Crippen molar-refractivity contribution >= 4 is 33.8 Å². The summed E-state index contributed by atoms with van der Waals surface area (Å²) in [7, 11) is 0. The molecule has 1 aromatic heterocycles. The van der Waals surface area contributed by atoms with Gasteiger partial charge in [-0.25, -0.2) is 0 Å². The molecule has 166 valence electrons. The largest absolute Gasteiger partial charge is 0.322 e. The monoisotopic (exact) mass is 446 g/mol. The fourth-order valence-electron chi connectivity index (χ4n) is 4.25. The Balaban J connectivity index is 1.68. The quantitative estimate of drug-likeness (QED) is 0.468. The van der Waals surface area contributed by atoms with E-state index in [-0.39, 0.29) is 17.2 Å². The molecule has 0 saturated heterocycles. The van der Waals surface area contributed by atoms with E-state index in [1.54, 1.807) is 23.5 Å². The van der Waals surface area contributed by atoms with Gasteiger partial charge in [-0.15, -0.1) is 11.3 Å². The van der Waals surface area contributed by atoms with Gasteiger partial charge in [0, 0.05) is 16.1 Å². The van der Waals surface area contributed by atoms with E-state index in [4.69, 9.17) is 0 Å². The second kappa shape index (κ2) is 8.91. The zero-order valence-electron chi connectivity index (χ0n) is 19.1. The van der Waals surface area contributed by atoms with Crippen LogP contribution in [0, 0.1) is 18.3 Å². The number of nitrogens with one attached hydrogen (secondary N) is 2. The minimum atomic E-state index is -0.194. The maximum atomic E-state index is 13.4. The molecule has 2 amide bonds. The van der Waals surface area contributed by atoms with Crippen molar-refractivity contribution in [1.29, 1.82) is 0 Å². The second-order valence-corrected chi connectivity index (χ2v) is 10.8. The number of carbonyl (C=O) groups is 2. The van der Waals surface area contributed by atoms with Crippen LogP contribution in [-0.2, 0) is 12.8 Å². The summed E-state index contributed by atoms with van der Waals surface area (Å²) < 4.78 is 0. The van der Waals surface area contributed by atoms with Crippen LogP contribution in [0.1, 0.15) is 63.9 Å². The minimum Gasteiger partial charge on any atom is -0.322 e. The van der Waals surface area contributed by atoms with Crippen LogP contribution in [-0.4, -0.2) is 11.8 Å². The lowest BCUT2D eigenvalue weighted by molar-refractivity contribution is 0.102. The third-order valence-electron chi connectivity index (χ3n) is 6.29. The molecule has 1 aliphatic rings. The number of aryl methyl sites for hydroxylation is 1. The van der Waals surface area contributed by atoms with E-state index in [1.165, 1.54) is 4.88 Å². The number of hydrogen-bond donors (Lipinski definition) is 2. The normalized spacial score (nSPS) is 15.7. The Bertz CT molecular complexity index is 1120. The number of amides is 2. The number of carbonyl (C=O) groups excluding carboxylic acids is 2. The lowest BCUT2D eigenvalue weighted by atomic mass is 9.72. The molecule has 5 heteroatoms. The Morgan fingerprint density at radius 1 is 0.938 bits per heavy atom. The van der Waals surface area contributed by atoms with Crippen molar-refractivity contribution in [3.05, 3.63) is 81.7 Å². The zero-order valence-corrected chi connectivity index (χ0v) is 19.9. The first-order valence-corrected chi connectivity index (χ1v) is 11.9. The molecule has 2 aromatic carbocycles. The van der Waals surface area contributed by atoms with Gasteiger partial charge in [-0.1, -0.05) is 56.7 Å². The van der Waals surface area contributed by atoms with E-state index in [1.807, 2.05) is 49.4 Å². The highest BCUT2D eigenvalue weighted by molar-refractivity contribution is 7.17. The summed E-state index contributed by atoms with van der Waals surface area (Å²) in [5.74, 6) is 0.198. The summed E-state index contributed by atoms with van der Waals surface area (Å²) in [5.41, 5.74) is 4.38. The number of anilines is 2. The van der Waals surface area contributed by atoms with Crippen molar-refractivity contribution in [1.82, 2.24) is 0 Å². The Kier molecular flexibility index (Phi) is 6.20. The van der Waals surface area contributed by atoms with Crippen LogP contribution < -0.4 is 10.6 Å². The molecule has 0 saturated carbocycles. The van der Waals surface area contributed by atoms with E-state index >= 15 is 0 Å². The van der Waals surface area contributed by atoms with Crippen molar-refractivity contribution in [3.63, 3.8) is 0 Å². The van der Waals surface area contributed by atoms with Crippen LogP contribution in [0.2, 0.25) is 0 Å². The predicted molar refractivity (Wildman–Crippen MR) is 133 cm³/mol. The number of hydrogen-bond acceptors (Lipinski definition) is 3. The fourth-order valence-corrected chi connectivity index (χ4v) is 5.57. The van der Waals surface area contributed by atoms with Crippen molar-refractivity contribution in [2.45, 2.75) is 47.0 Å². The molecule has 0 aliphatic heterocycles. The third-order valence-corrected chi connectivity index (χ3v) is 7.46. The third kappa shape index (κ3) is 4.78. The van der Waals surface area contributed by atoms with Crippen molar-refractivity contribution < 1.29 is 9.59 Å². The van der Waals surface area contributed by atoms with E-state index in [0.29, 0.717) is 22.0 Å². The first-order valence-electron chi connectivity index (χ1n) is 11.1. The lowest BCUT2D eigenvalue weighted by Crippen LogP contribution is -2.27. The van der Waals surface area contributed by atoms with E-state index in [9.17, 15) is 9.59 Å². The Hall–Kier alpha value is -2.92. The van der Waals surface area contributed by atoms with Crippen LogP contribution in [0.25, 0.3) is 0 Å². The summed E-state index contributed by atoms with van der Waals surface area (Å²) in [4.78, 5) is 27.5. The molecule has 0 unspecified atom stereocenters. The van der Waals surface area contributed by atoms with Gasteiger partial charge in [0.2, 0.25) is 0 Å². The van der Waals surface area contributed by atoms with Crippen molar-refractivity contribution in [3.8, 4) is 0 Å². The summed E-state index contributed by atoms with van der Waals surface area (Å²) in [6.45, 7) is 8.85. The molecule has 1 aliphatic carbocycles. The highest BCUT2D eigenvalue weighted by Gasteiger charge is 2.34. The number of benzene rings is 2.